The van der Waals surface area contributed by atoms with Gasteiger partial charge in [0.25, 0.3) is 5.91 Å². The summed E-state index contributed by atoms with van der Waals surface area (Å²) in [5.41, 5.74) is 7.76. The fourth-order valence-corrected chi connectivity index (χ4v) is 2.17. The molecule has 0 saturated heterocycles. The smallest absolute Gasteiger partial charge is 0.258 e. The number of nitrogens with zero attached hydrogens (tertiary/aromatic N) is 1. The van der Waals surface area contributed by atoms with E-state index in [1.807, 2.05) is 31.2 Å². The molecule has 3 nitrogen and oxygen atoms in total. The first-order valence-electron chi connectivity index (χ1n) is 6.96. The summed E-state index contributed by atoms with van der Waals surface area (Å²) >= 11 is 0. The van der Waals surface area contributed by atoms with Gasteiger partial charge < -0.3 is 10.6 Å². The predicted octanol–water partition coefficient (Wildman–Crippen LogP) is 3.13. The molecule has 21 heavy (non-hydrogen) atoms. The first-order chi connectivity index (χ1) is 10.1. The molecule has 0 bridgehead atoms. The number of nitrogens with two attached hydrogens (primary N) is 1. The Morgan fingerprint density at radius 3 is 2.62 bits per heavy atom. The van der Waals surface area contributed by atoms with Crippen LogP contribution >= 0.6 is 0 Å². The van der Waals surface area contributed by atoms with Crippen LogP contribution in [0.3, 0.4) is 0 Å². The molecule has 0 aliphatic heterocycles. The van der Waals surface area contributed by atoms with Gasteiger partial charge in [-0.3, -0.25) is 4.79 Å². The number of halogens is 1. The lowest BCUT2D eigenvalue weighted by Gasteiger charge is -2.23. The molecule has 1 amide bonds. The molecular weight excluding hydrogens is 267 g/mol. The van der Waals surface area contributed by atoms with E-state index in [0.717, 1.165) is 11.3 Å². The van der Waals surface area contributed by atoms with Crippen molar-refractivity contribution in [2.24, 2.45) is 5.73 Å². The molecule has 0 unspecified atom stereocenters. The van der Waals surface area contributed by atoms with Crippen molar-refractivity contribution in [2.75, 3.05) is 18.0 Å². The summed E-state index contributed by atoms with van der Waals surface area (Å²) in [5, 5.41) is 0. The van der Waals surface area contributed by atoms with Crippen molar-refractivity contribution in [1.29, 1.82) is 0 Å². The van der Waals surface area contributed by atoms with Gasteiger partial charge in [0.15, 0.2) is 0 Å². The molecule has 0 heterocycles. The number of aryl methyl sites for hydroxylation is 1. The van der Waals surface area contributed by atoms with Gasteiger partial charge in [-0.1, -0.05) is 18.2 Å². The van der Waals surface area contributed by atoms with E-state index in [4.69, 9.17) is 5.73 Å². The molecule has 0 aliphatic rings. The number of amides is 1. The lowest BCUT2D eigenvalue weighted by atomic mass is 10.1. The zero-order valence-corrected chi connectivity index (χ0v) is 12.1. The van der Waals surface area contributed by atoms with Crippen molar-refractivity contribution in [3.05, 3.63) is 65.5 Å². The number of hydrogen-bond donors (Lipinski definition) is 1. The molecule has 0 saturated carbocycles. The Kier molecular flexibility index (Phi) is 5.06. The van der Waals surface area contributed by atoms with Gasteiger partial charge in [0.1, 0.15) is 5.82 Å². The SMILES string of the molecule is Cc1cccc(N(CCCN)C(=O)c2cccc(F)c2)c1. The predicted molar refractivity (Wildman–Crippen MR) is 82.9 cm³/mol. The molecule has 2 rings (SSSR count). The monoisotopic (exact) mass is 286 g/mol. The van der Waals surface area contributed by atoms with E-state index in [2.05, 4.69) is 0 Å². The minimum Gasteiger partial charge on any atom is -0.330 e. The van der Waals surface area contributed by atoms with Crippen molar-refractivity contribution in [1.82, 2.24) is 0 Å². The molecule has 2 aromatic carbocycles. The van der Waals surface area contributed by atoms with E-state index in [1.54, 1.807) is 17.0 Å². The third-order valence-electron chi connectivity index (χ3n) is 3.22. The number of rotatable bonds is 5. The summed E-state index contributed by atoms with van der Waals surface area (Å²) in [6.45, 7) is 2.98. The topological polar surface area (TPSA) is 46.3 Å². The van der Waals surface area contributed by atoms with Crippen molar-refractivity contribution in [3.63, 3.8) is 0 Å². The maximum absolute atomic E-state index is 13.3. The van der Waals surface area contributed by atoms with Gasteiger partial charge in [0, 0.05) is 17.8 Å². The van der Waals surface area contributed by atoms with Crippen LogP contribution in [0.5, 0.6) is 0 Å². The van der Waals surface area contributed by atoms with Crippen molar-refractivity contribution < 1.29 is 9.18 Å². The lowest BCUT2D eigenvalue weighted by Crippen LogP contribution is -2.33. The Morgan fingerprint density at radius 2 is 1.95 bits per heavy atom. The molecule has 0 aromatic heterocycles. The molecule has 4 heteroatoms. The van der Waals surface area contributed by atoms with Crippen LogP contribution < -0.4 is 10.6 Å². The molecule has 2 N–H and O–H groups in total. The molecule has 0 fully saturated rings. The van der Waals surface area contributed by atoms with Crippen LogP contribution in [0, 0.1) is 12.7 Å². The van der Waals surface area contributed by atoms with E-state index in [9.17, 15) is 9.18 Å². The van der Waals surface area contributed by atoms with Gasteiger partial charge in [-0.05, 0) is 55.8 Å². The third-order valence-corrected chi connectivity index (χ3v) is 3.22. The Morgan fingerprint density at radius 1 is 1.19 bits per heavy atom. The Bertz CT molecular complexity index is 628. The van der Waals surface area contributed by atoms with Crippen LogP contribution in [-0.4, -0.2) is 19.0 Å². The number of carbonyl (C=O) groups is 1. The van der Waals surface area contributed by atoms with Gasteiger partial charge in [-0.25, -0.2) is 4.39 Å². The van der Waals surface area contributed by atoms with E-state index < -0.39 is 5.82 Å². The largest absolute Gasteiger partial charge is 0.330 e. The second-order valence-corrected chi connectivity index (χ2v) is 4.95. The average Bonchev–Trinajstić information content (AvgIpc) is 2.47. The normalized spacial score (nSPS) is 10.4. The summed E-state index contributed by atoms with van der Waals surface area (Å²) in [4.78, 5) is 14.3. The highest BCUT2D eigenvalue weighted by atomic mass is 19.1. The molecule has 0 atom stereocenters. The second-order valence-electron chi connectivity index (χ2n) is 4.95. The molecule has 0 aliphatic carbocycles. The van der Waals surface area contributed by atoms with Gasteiger partial charge in [-0.15, -0.1) is 0 Å². The van der Waals surface area contributed by atoms with Crippen LogP contribution in [-0.2, 0) is 0 Å². The van der Waals surface area contributed by atoms with Crippen LogP contribution in [0.15, 0.2) is 48.5 Å². The maximum Gasteiger partial charge on any atom is 0.258 e. The highest BCUT2D eigenvalue weighted by Gasteiger charge is 2.17. The third kappa shape index (κ3) is 3.89. The minimum atomic E-state index is -0.413. The standard InChI is InChI=1S/C17H19FN2O/c1-13-5-2-8-16(11-13)20(10-4-9-19)17(21)14-6-3-7-15(18)12-14/h2-3,5-8,11-12H,4,9-10,19H2,1H3. The summed E-state index contributed by atoms with van der Waals surface area (Å²) in [5.74, 6) is -0.627. The molecule has 2 aromatic rings. The first kappa shape index (κ1) is 15.2. The summed E-state index contributed by atoms with van der Waals surface area (Å²) < 4.78 is 13.3. The zero-order valence-electron chi connectivity index (χ0n) is 12.1. The van der Waals surface area contributed by atoms with Gasteiger partial charge >= 0.3 is 0 Å². The molecule has 110 valence electrons. The lowest BCUT2D eigenvalue weighted by molar-refractivity contribution is 0.0986. The Hall–Kier alpha value is -2.20. The minimum absolute atomic E-state index is 0.214. The van der Waals surface area contributed by atoms with Crippen molar-refractivity contribution in [3.8, 4) is 0 Å². The van der Waals surface area contributed by atoms with Gasteiger partial charge in [-0.2, -0.15) is 0 Å². The number of benzene rings is 2. The van der Waals surface area contributed by atoms with Crippen LogP contribution in [0.1, 0.15) is 22.3 Å². The van der Waals surface area contributed by atoms with E-state index in [-0.39, 0.29) is 5.91 Å². The van der Waals surface area contributed by atoms with Crippen LogP contribution in [0.25, 0.3) is 0 Å². The summed E-state index contributed by atoms with van der Waals surface area (Å²) in [7, 11) is 0. The summed E-state index contributed by atoms with van der Waals surface area (Å²) in [6, 6.07) is 13.4. The Balaban J connectivity index is 2.33. The van der Waals surface area contributed by atoms with Crippen LogP contribution in [0.2, 0.25) is 0 Å². The fourth-order valence-electron chi connectivity index (χ4n) is 2.17. The molecule has 0 radical (unpaired) electrons. The van der Waals surface area contributed by atoms with Gasteiger partial charge in [0.2, 0.25) is 0 Å². The number of anilines is 1. The average molecular weight is 286 g/mol. The van der Waals surface area contributed by atoms with E-state index in [1.165, 1.54) is 12.1 Å². The molecular formula is C17H19FN2O. The van der Waals surface area contributed by atoms with E-state index >= 15 is 0 Å². The number of hydrogen-bond acceptors (Lipinski definition) is 2. The van der Waals surface area contributed by atoms with E-state index in [0.29, 0.717) is 25.1 Å². The quantitative estimate of drug-likeness (QED) is 0.918. The fraction of sp³-hybridized carbons (Fsp3) is 0.235. The van der Waals surface area contributed by atoms with Crippen molar-refractivity contribution >= 4 is 11.6 Å². The summed E-state index contributed by atoms with van der Waals surface area (Å²) in [6.07, 6.45) is 0.689. The highest BCUT2D eigenvalue weighted by Crippen LogP contribution is 2.19. The maximum atomic E-state index is 13.3. The molecule has 0 spiro atoms. The first-order valence-corrected chi connectivity index (χ1v) is 6.96. The Labute approximate surface area is 124 Å². The zero-order chi connectivity index (χ0) is 15.2. The number of carbonyl (C=O) groups excluding carboxylic acids is 1. The van der Waals surface area contributed by atoms with Crippen molar-refractivity contribution in [2.45, 2.75) is 13.3 Å². The second kappa shape index (κ2) is 6.99. The van der Waals surface area contributed by atoms with Crippen LogP contribution in [0.4, 0.5) is 10.1 Å². The highest BCUT2D eigenvalue weighted by molar-refractivity contribution is 6.06. The van der Waals surface area contributed by atoms with Gasteiger partial charge in [0.05, 0.1) is 0 Å².